The fraction of sp³-hybridized carbons (Fsp3) is 0.700. The molecule has 0 aliphatic heterocycles. The van der Waals surface area contributed by atoms with Gasteiger partial charge in [0.15, 0.2) is 6.10 Å². The van der Waals surface area contributed by atoms with Crippen molar-refractivity contribution >= 4 is 17.8 Å². The van der Waals surface area contributed by atoms with Gasteiger partial charge >= 0.3 is 11.9 Å². The average molecular weight is 247 g/mol. The second-order valence-corrected chi connectivity index (χ2v) is 3.30. The molecule has 0 bridgehead atoms. The van der Waals surface area contributed by atoms with Gasteiger partial charge in [-0.05, 0) is 6.92 Å². The van der Waals surface area contributed by atoms with Gasteiger partial charge in [-0.2, -0.15) is 0 Å². The van der Waals surface area contributed by atoms with Crippen molar-refractivity contribution in [3.8, 4) is 0 Å². The molecular formula is C10H17NO6. The molecule has 0 fully saturated rings. The topological polar surface area (TPSA) is 113 Å². The Kier molecular flexibility index (Phi) is 7.70. The summed E-state index contributed by atoms with van der Waals surface area (Å²) in [5, 5.41) is 19.7. The van der Waals surface area contributed by atoms with Crippen LogP contribution in [-0.2, 0) is 19.1 Å². The zero-order valence-corrected chi connectivity index (χ0v) is 9.64. The first-order chi connectivity index (χ1) is 7.97. The van der Waals surface area contributed by atoms with E-state index in [0.29, 0.717) is 0 Å². The number of carboxylic acid groups (broad SMARTS) is 1. The summed E-state index contributed by atoms with van der Waals surface area (Å²) in [6.45, 7) is 1.99. The third-order valence-corrected chi connectivity index (χ3v) is 1.89. The van der Waals surface area contributed by atoms with Crippen LogP contribution in [0.4, 0.5) is 0 Å². The summed E-state index contributed by atoms with van der Waals surface area (Å²) in [4.78, 5) is 32.3. The molecule has 1 atom stereocenters. The Labute approximate surface area is 98.8 Å². The first kappa shape index (κ1) is 15.4. The van der Waals surface area contributed by atoms with Gasteiger partial charge in [0.05, 0.1) is 13.0 Å². The number of carbonyl (C=O) groups is 3. The Morgan fingerprint density at radius 2 is 1.94 bits per heavy atom. The van der Waals surface area contributed by atoms with Gasteiger partial charge in [0.2, 0.25) is 5.91 Å². The lowest BCUT2D eigenvalue weighted by Gasteiger charge is -2.07. The van der Waals surface area contributed by atoms with Crippen LogP contribution >= 0.6 is 0 Å². The Morgan fingerprint density at radius 1 is 1.29 bits per heavy atom. The van der Waals surface area contributed by atoms with Crippen LogP contribution in [0.5, 0.6) is 0 Å². The highest BCUT2D eigenvalue weighted by Gasteiger charge is 2.13. The number of esters is 1. The van der Waals surface area contributed by atoms with E-state index in [-0.39, 0.29) is 38.3 Å². The molecule has 3 N–H and O–H groups in total. The van der Waals surface area contributed by atoms with Gasteiger partial charge in [-0.3, -0.25) is 9.59 Å². The zero-order valence-electron chi connectivity index (χ0n) is 9.64. The molecule has 0 aliphatic rings. The van der Waals surface area contributed by atoms with Crippen molar-refractivity contribution in [2.75, 3.05) is 13.2 Å². The predicted molar refractivity (Wildman–Crippen MR) is 57.1 cm³/mol. The number of ether oxygens (including phenoxy) is 1. The monoisotopic (exact) mass is 247 g/mol. The minimum atomic E-state index is -1.49. The van der Waals surface area contributed by atoms with E-state index in [1.54, 1.807) is 6.92 Å². The third kappa shape index (κ3) is 8.21. The molecule has 0 heterocycles. The van der Waals surface area contributed by atoms with Crippen LogP contribution in [-0.4, -0.2) is 47.3 Å². The fourth-order valence-electron chi connectivity index (χ4n) is 1.01. The van der Waals surface area contributed by atoms with E-state index < -0.39 is 18.0 Å². The van der Waals surface area contributed by atoms with Gasteiger partial charge in [-0.15, -0.1) is 0 Å². The van der Waals surface area contributed by atoms with Crippen molar-refractivity contribution in [1.82, 2.24) is 5.32 Å². The highest BCUT2D eigenvalue weighted by atomic mass is 16.5. The van der Waals surface area contributed by atoms with Crippen LogP contribution in [0, 0.1) is 0 Å². The first-order valence-electron chi connectivity index (χ1n) is 5.30. The van der Waals surface area contributed by atoms with Crippen LogP contribution in [0.25, 0.3) is 0 Å². The van der Waals surface area contributed by atoms with Crippen molar-refractivity contribution < 1.29 is 29.3 Å². The van der Waals surface area contributed by atoms with Crippen molar-refractivity contribution in [2.45, 2.75) is 32.3 Å². The molecule has 7 nitrogen and oxygen atoms in total. The molecule has 0 unspecified atom stereocenters. The minimum absolute atomic E-state index is 0.0119. The molecular weight excluding hydrogens is 230 g/mol. The number of carbonyl (C=O) groups excluding carboxylic acids is 2. The second-order valence-electron chi connectivity index (χ2n) is 3.30. The molecule has 17 heavy (non-hydrogen) atoms. The lowest BCUT2D eigenvalue weighted by Crippen LogP contribution is -2.30. The summed E-state index contributed by atoms with van der Waals surface area (Å²) >= 11 is 0. The number of aliphatic carboxylic acids is 1. The van der Waals surface area contributed by atoms with Crippen molar-refractivity contribution in [3.05, 3.63) is 0 Å². The quantitative estimate of drug-likeness (QED) is 0.488. The van der Waals surface area contributed by atoms with E-state index in [4.69, 9.17) is 10.2 Å². The number of amides is 1. The average Bonchev–Trinajstić information content (AvgIpc) is 2.26. The van der Waals surface area contributed by atoms with Crippen LogP contribution in [0.1, 0.15) is 26.2 Å². The van der Waals surface area contributed by atoms with E-state index in [1.165, 1.54) is 0 Å². The maximum atomic E-state index is 11.2. The van der Waals surface area contributed by atoms with Crippen LogP contribution in [0.15, 0.2) is 0 Å². The van der Waals surface area contributed by atoms with Crippen molar-refractivity contribution in [2.24, 2.45) is 0 Å². The number of hydrogen-bond donors (Lipinski definition) is 3. The SMILES string of the molecule is CCOC(=O)CCC(=O)NCC[C@H](O)C(=O)O. The van der Waals surface area contributed by atoms with Gasteiger partial charge in [-0.1, -0.05) is 0 Å². The Hall–Kier alpha value is -1.63. The summed E-state index contributed by atoms with van der Waals surface area (Å²) in [6.07, 6.45) is -1.58. The number of carboxylic acids is 1. The third-order valence-electron chi connectivity index (χ3n) is 1.89. The van der Waals surface area contributed by atoms with E-state index in [2.05, 4.69) is 10.1 Å². The van der Waals surface area contributed by atoms with Crippen LogP contribution in [0.2, 0.25) is 0 Å². The van der Waals surface area contributed by atoms with E-state index >= 15 is 0 Å². The molecule has 0 aromatic rings. The smallest absolute Gasteiger partial charge is 0.332 e. The summed E-state index contributed by atoms with van der Waals surface area (Å²) in [7, 11) is 0. The van der Waals surface area contributed by atoms with Gasteiger partial charge in [0.25, 0.3) is 0 Å². The lowest BCUT2D eigenvalue weighted by atomic mass is 10.2. The maximum Gasteiger partial charge on any atom is 0.332 e. The maximum absolute atomic E-state index is 11.2. The molecule has 0 saturated carbocycles. The molecule has 98 valence electrons. The number of nitrogens with one attached hydrogen (secondary N) is 1. The molecule has 0 aromatic heterocycles. The molecule has 0 saturated heterocycles. The standard InChI is InChI=1S/C10H17NO6/c1-2-17-9(14)4-3-8(13)11-6-5-7(12)10(15)16/h7,12H,2-6H2,1H3,(H,11,13)(H,15,16)/t7-/m0/s1. The summed E-state index contributed by atoms with van der Waals surface area (Å²) in [6, 6.07) is 0. The number of rotatable bonds is 8. The number of aliphatic hydroxyl groups excluding tert-OH is 1. The van der Waals surface area contributed by atoms with Crippen LogP contribution in [0.3, 0.4) is 0 Å². The number of hydrogen-bond acceptors (Lipinski definition) is 5. The second kappa shape index (κ2) is 8.51. The van der Waals surface area contributed by atoms with Gasteiger partial charge in [0, 0.05) is 19.4 Å². The summed E-state index contributed by atoms with van der Waals surface area (Å²) in [5.74, 6) is -2.16. The largest absolute Gasteiger partial charge is 0.479 e. The highest BCUT2D eigenvalue weighted by Crippen LogP contribution is 1.94. The number of aliphatic hydroxyl groups is 1. The van der Waals surface area contributed by atoms with Gasteiger partial charge in [0.1, 0.15) is 0 Å². The Balaban J connectivity index is 3.60. The first-order valence-corrected chi connectivity index (χ1v) is 5.30. The molecule has 0 aromatic carbocycles. The van der Waals surface area contributed by atoms with E-state index in [1.807, 2.05) is 0 Å². The molecule has 7 heteroatoms. The summed E-state index contributed by atoms with van der Waals surface area (Å²) < 4.78 is 4.63. The lowest BCUT2D eigenvalue weighted by molar-refractivity contribution is -0.147. The van der Waals surface area contributed by atoms with E-state index in [9.17, 15) is 14.4 Å². The Bertz CT molecular complexity index is 278. The zero-order chi connectivity index (χ0) is 13.3. The van der Waals surface area contributed by atoms with Gasteiger partial charge < -0.3 is 20.3 Å². The Morgan fingerprint density at radius 3 is 2.47 bits per heavy atom. The molecule has 0 aliphatic carbocycles. The highest BCUT2D eigenvalue weighted by molar-refractivity contribution is 5.81. The molecule has 0 spiro atoms. The van der Waals surface area contributed by atoms with E-state index in [0.717, 1.165) is 0 Å². The predicted octanol–water partition coefficient (Wildman–Crippen LogP) is -0.718. The molecule has 0 radical (unpaired) electrons. The normalized spacial score (nSPS) is 11.6. The summed E-state index contributed by atoms with van der Waals surface area (Å²) in [5.41, 5.74) is 0. The molecule has 1 amide bonds. The van der Waals surface area contributed by atoms with Crippen molar-refractivity contribution in [3.63, 3.8) is 0 Å². The molecule has 0 rings (SSSR count). The van der Waals surface area contributed by atoms with Crippen molar-refractivity contribution in [1.29, 1.82) is 0 Å². The van der Waals surface area contributed by atoms with Crippen LogP contribution < -0.4 is 5.32 Å². The van der Waals surface area contributed by atoms with Gasteiger partial charge in [-0.25, -0.2) is 4.79 Å². The fourth-order valence-corrected chi connectivity index (χ4v) is 1.01. The minimum Gasteiger partial charge on any atom is -0.479 e.